The van der Waals surface area contributed by atoms with E-state index in [1.54, 1.807) is 0 Å². The van der Waals surface area contributed by atoms with Gasteiger partial charge in [-0.05, 0) is 31.8 Å². The van der Waals surface area contributed by atoms with E-state index in [9.17, 15) is 4.79 Å². The molecule has 0 aromatic carbocycles. The van der Waals surface area contributed by atoms with Gasteiger partial charge in [-0.2, -0.15) is 0 Å². The Kier molecular flexibility index (Phi) is 3.16. The van der Waals surface area contributed by atoms with E-state index in [-0.39, 0.29) is 0 Å². The van der Waals surface area contributed by atoms with E-state index in [2.05, 4.69) is 10.6 Å². The second kappa shape index (κ2) is 4.18. The van der Waals surface area contributed by atoms with Gasteiger partial charge in [0.1, 0.15) is 0 Å². The van der Waals surface area contributed by atoms with Crippen molar-refractivity contribution in [1.82, 2.24) is 10.6 Å². The van der Waals surface area contributed by atoms with Crippen molar-refractivity contribution in [2.45, 2.75) is 12.8 Å². The van der Waals surface area contributed by atoms with Crippen molar-refractivity contribution in [3.05, 3.63) is 0 Å². The summed E-state index contributed by atoms with van der Waals surface area (Å²) in [4.78, 5) is 10.3. The number of carbonyl (C=O) groups is 1. The second-order valence-electron chi connectivity index (χ2n) is 2.96. The number of hydrogen-bond acceptors (Lipinski definition) is 2. The van der Waals surface area contributed by atoms with Gasteiger partial charge in [-0.15, -0.1) is 0 Å². The molecule has 0 bridgehead atoms. The number of piperidine rings is 1. The van der Waals surface area contributed by atoms with Crippen LogP contribution in [0.1, 0.15) is 12.8 Å². The minimum absolute atomic E-state index is 0.421. The highest BCUT2D eigenvalue weighted by Gasteiger charge is 2.12. The topological polar surface area (TPSA) is 67.2 Å². The third-order valence-corrected chi connectivity index (χ3v) is 1.96. The molecule has 1 aliphatic heterocycles. The molecule has 4 heteroatoms. The van der Waals surface area contributed by atoms with Crippen LogP contribution in [0.25, 0.3) is 0 Å². The number of nitrogens with one attached hydrogen (secondary N) is 2. The summed E-state index contributed by atoms with van der Waals surface area (Å²) >= 11 is 0. The number of primary amides is 1. The highest BCUT2D eigenvalue weighted by atomic mass is 16.2. The lowest BCUT2D eigenvalue weighted by Gasteiger charge is -2.22. The maximum absolute atomic E-state index is 10.3. The van der Waals surface area contributed by atoms with Gasteiger partial charge in [0.05, 0.1) is 0 Å². The fraction of sp³-hybridized carbons (Fsp3) is 0.857. The van der Waals surface area contributed by atoms with Crippen molar-refractivity contribution in [3.63, 3.8) is 0 Å². The quantitative estimate of drug-likeness (QED) is 0.513. The molecule has 1 atom stereocenters. The van der Waals surface area contributed by atoms with Crippen molar-refractivity contribution >= 4 is 6.03 Å². The first-order valence-corrected chi connectivity index (χ1v) is 4.03. The summed E-state index contributed by atoms with van der Waals surface area (Å²) in [5.41, 5.74) is 4.94. The van der Waals surface area contributed by atoms with Crippen molar-refractivity contribution in [2.24, 2.45) is 11.7 Å². The average molecular weight is 157 g/mol. The van der Waals surface area contributed by atoms with Crippen LogP contribution in [0.3, 0.4) is 0 Å². The molecule has 1 heterocycles. The Bertz CT molecular complexity index is 132. The Labute approximate surface area is 66.5 Å². The molecule has 1 rings (SSSR count). The lowest BCUT2D eigenvalue weighted by molar-refractivity contribution is 0.245. The number of amides is 2. The number of hydrogen-bond donors (Lipinski definition) is 3. The normalized spacial score (nSPS) is 24.5. The zero-order valence-electron chi connectivity index (χ0n) is 6.60. The molecule has 64 valence electrons. The Balaban J connectivity index is 2.09. The highest BCUT2D eigenvalue weighted by Crippen LogP contribution is 2.07. The van der Waals surface area contributed by atoms with Crippen LogP contribution >= 0.6 is 0 Å². The van der Waals surface area contributed by atoms with Gasteiger partial charge in [0.15, 0.2) is 0 Å². The van der Waals surface area contributed by atoms with Gasteiger partial charge in [-0.1, -0.05) is 0 Å². The zero-order valence-corrected chi connectivity index (χ0v) is 6.60. The van der Waals surface area contributed by atoms with E-state index in [4.69, 9.17) is 5.73 Å². The lowest BCUT2D eigenvalue weighted by Crippen LogP contribution is -2.39. The van der Waals surface area contributed by atoms with Gasteiger partial charge in [0, 0.05) is 6.54 Å². The van der Waals surface area contributed by atoms with Gasteiger partial charge in [0.25, 0.3) is 0 Å². The van der Waals surface area contributed by atoms with Gasteiger partial charge >= 0.3 is 6.03 Å². The molecular formula is C7H15N3O. The molecule has 0 spiro atoms. The van der Waals surface area contributed by atoms with Crippen molar-refractivity contribution in [2.75, 3.05) is 19.6 Å². The van der Waals surface area contributed by atoms with E-state index < -0.39 is 6.03 Å². The van der Waals surface area contributed by atoms with Crippen LogP contribution in [-0.2, 0) is 0 Å². The summed E-state index contributed by atoms with van der Waals surface area (Å²) in [6.07, 6.45) is 2.39. The summed E-state index contributed by atoms with van der Waals surface area (Å²) in [5.74, 6) is 0.566. The molecule has 0 aromatic rings. The largest absolute Gasteiger partial charge is 0.352 e. The molecule has 4 nitrogen and oxygen atoms in total. The predicted octanol–water partition coefficient (Wildman–Crippen LogP) is -0.346. The van der Waals surface area contributed by atoms with Crippen LogP contribution in [0.4, 0.5) is 4.79 Å². The molecule has 0 radical (unpaired) electrons. The average Bonchev–Trinajstić information content (AvgIpc) is 2.03. The van der Waals surface area contributed by atoms with Crippen molar-refractivity contribution in [1.29, 1.82) is 0 Å². The first-order chi connectivity index (χ1) is 5.29. The SMILES string of the molecule is NC(=O)NC[C@H]1CCCNC1. The lowest BCUT2D eigenvalue weighted by atomic mass is 10.00. The third-order valence-electron chi connectivity index (χ3n) is 1.96. The monoisotopic (exact) mass is 157 g/mol. The Morgan fingerprint density at radius 3 is 3.09 bits per heavy atom. The minimum atomic E-state index is -0.421. The molecule has 1 saturated heterocycles. The number of carbonyl (C=O) groups excluding carboxylic acids is 1. The maximum atomic E-state index is 10.3. The highest BCUT2D eigenvalue weighted by molar-refractivity contribution is 5.71. The van der Waals surface area contributed by atoms with Crippen LogP contribution in [0.2, 0.25) is 0 Å². The summed E-state index contributed by atoms with van der Waals surface area (Å²) < 4.78 is 0. The van der Waals surface area contributed by atoms with E-state index in [0.29, 0.717) is 12.5 Å². The first-order valence-electron chi connectivity index (χ1n) is 4.03. The maximum Gasteiger partial charge on any atom is 0.312 e. The van der Waals surface area contributed by atoms with E-state index in [1.165, 1.54) is 12.8 Å². The first kappa shape index (κ1) is 8.33. The van der Waals surface area contributed by atoms with Gasteiger partial charge < -0.3 is 16.4 Å². The summed E-state index contributed by atoms with van der Waals surface area (Å²) in [6, 6.07) is -0.421. The number of rotatable bonds is 2. The van der Waals surface area contributed by atoms with Gasteiger partial charge in [-0.3, -0.25) is 0 Å². The Morgan fingerprint density at radius 1 is 1.73 bits per heavy atom. The molecule has 1 fully saturated rings. The van der Waals surface area contributed by atoms with Gasteiger partial charge in [0.2, 0.25) is 0 Å². The minimum Gasteiger partial charge on any atom is -0.352 e. The summed E-state index contributed by atoms with van der Waals surface area (Å²) in [5, 5.41) is 5.88. The molecule has 2 amide bonds. The van der Waals surface area contributed by atoms with E-state index >= 15 is 0 Å². The molecule has 0 saturated carbocycles. The molecule has 11 heavy (non-hydrogen) atoms. The van der Waals surface area contributed by atoms with Gasteiger partial charge in [-0.25, -0.2) is 4.79 Å². The number of nitrogens with two attached hydrogens (primary N) is 1. The van der Waals surface area contributed by atoms with Crippen LogP contribution < -0.4 is 16.4 Å². The Hall–Kier alpha value is -0.770. The van der Waals surface area contributed by atoms with Crippen molar-refractivity contribution in [3.8, 4) is 0 Å². The summed E-state index contributed by atoms with van der Waals surface area (Å²) in [7, 11) is 0. The second-order valence-corrected chi connectivity index (χ2v) is 2.96. The zero-order chi connectivity index (χ0) is 8.10. The fourth-order valence-electron chi connectivity index (χ4n) is 1.34. The standard InChI is InChI=1S/C7H15N3O/c8-7(11)10-5-6-2-1-3-9-4-6/h6,9H,1-5H2,(H3,8,10,11)/t6-/m0/s1. The van der Waals surface area contributed by atoms with Crippen LogP contribution in [-0.4, -0.2) is 25.7 Å². The van der Waals surface area contributed by atoms with E-state index in [0.717, 1.165) is 13.1 Å². The predicted molar refractivity (Wildman–Crippen MR) is 43.2 cm³/mol. The molecule has 4 N–H and O–H groups in total. The molecular weight excluding hydrogens is 142 g/mol. The molecule has 0 aliphatic carbocycles. The molecule has 0 unspecified atom stereocenters. The van der Waals surface area contributed by atoms with E-state index in [1.807, 2.05) is 0 Å². The number of urea groups is 1. The van der Waals surface area contributed by atoms with Crippen LogP contribution in [0, 0.1) is 5.92 Å². The molecule has 1 aliphatic rings. The smallest absolute Gasteiger partial charge is 0.312 e. The fourth-order valence-corrected chi connectivity index (χ4v) is 1.34. The molecule has 0 aromatic heterocycles. The van der Waals surface area contributed by atoms with Crippen LogP contribution in [0.15, 0.2) is 0 Å². The van der Waals surface area contributed by atoms with Crippen molar-refractivity contribution < 1.29 is 4.79 Å². The summed E-state index contributed by atoms with van der Waals surface area (Å²) in [6.45, 7) is 2.82. The third kappa shape index (κ3) is 3.23. The Morgan fingerprint density at radius 2 is 2.55 bits per heavy atom. The van der Waals surface area contributed by atoms with Crippen LogP contribution in [0.5, 0.6) is 0 Å².